The molecule has 0 aromatic heterocycles. The van der Waals surface area contributed by atoms with E-state index in [0.29, 0.717) is 50.7 Å². The Kier molecular flexibility index (Phi) is 11.7. The van der Waals surface area contributed by atoms with Crippen LogP contribution in [0, 0.1) is 5.92 Å². The zero-order chi connectivity index (χ0) is 33.3. The number of anilines is 1. The highest BCUT2D eigenvalue weighted by Gasteiger charge is 2.26. The number of cyclic esters (lactones) is 1. The van der Waals surface area contributed by atoms with Crippen molar-refractivity contribution >= 4 is 45.4 Å². The minimum atomic E-state index is -0.525. The van der Waals surface area contributed by atoms with Gasteiger partial charge < -0.3 is 26.0 Å². The van der Waals surface area contributed by atoms with Crippen molar-refractivity contribution in [2.24, 2.45) is 5.92 Å². The molecule has 248 valence electrons. The van der Waals surface area contributed by atoms with Gasteiger partial charge in [0.15, 0.2) is 0 Å². The lowest BCUT2D eigenvalue weighted by atomic mass is 10.0. The molecule has 2 aliphatic rings. The van der Waals surface area contributed by atoms with Crippen molar-refractivity contribution < 1.29 is 23.9 Å². The SMILES string of the molecule is C[C@H](NC[C@H](Cc1ccccc1)NC(=O)c1cc(C(=O)N[C@H](C)c2ccc(Br)cc2)cc(N2CCCOC2=O)c1)C(=O)NCC1CC1. The molecule has 3 aromatic rings. The number of carbonyl (C=O) groups is 4. The van der Waals surface area contributed by atoms with Crippen LogP contribution in [0.3, 0.4) is 0 Å². The highest BCUT2D eigenvalue weighted by Crippen LogP contribution is 2.27. The van der Waals surface area contributed by atoms with Crippen molar-refractivity contribution in [2.45, 2.75) is 57.7 Å². The molecular weight excluding hydrogens is 662 g/mol. The molecule has 3 atom stereocenters. The van der Waals surface area contributed by atoms with E-state index in [1.807, 2.05) is 68.4 Å². The van der Waals surface area contributed by atoms with Gasteiger partial charge in [-0.25, -0.2) is 4.79 Å². The van der Waals surface area contributed by atoms with Crippen LogP contribution in [0.1, 0.15) is 71.0 Å². The number of ether oxygens (including phenoxy) is 1. The Morgan fingerprint density at radius 2 is 1.62 bits per heavy atom. The first-order valence-corrected chi connectivity index (χ1v) is 17.0. The zero-order valence-corrected chi connectivity index (χ0v) is 28.3. The van der Waals surface area contributed by atoms with Crippen molar-refractivity contribution in [1.29, 1.82) is 0 Å². The van der Waals surface area contributed by atoms with Gasteiger partial charge in [-0.2, -0.15) is 0 Å². The minimum Gasteiger partial charge on any atom is -0.449 e. The summed E-state index contributed by atoms with van der Waals surface area (Å²) in [4.78, 5) is 54.2. The first-order chi connectivity index (χ1) is 22.7. The molecule has 10 nitrogen and oxygen atoms in total. The Bertz CT molecular complexity index is 1560. The molecule has 1 saturated heterocycles. The third-order valence-electron chi connectivity index (χ3n) is 8.43. The lowest BCUT2D eigenvalue weighted by Crippen LogP contribution is -2.49. The van der Waals surface area contributed by atoms with Gasteiger partial charge in [0, 0.05) is 47.0 Å². The average Bonchev–Trinajstić information content (AvgIpc) is 3.91. The van der Waals surface area contributed by atoms with Gasteiger partial charge in [-0.1, -0.05) is 58.4 Å². The summed E-state index contributed by atoms with van der Waals surface area (Å²) >= 11 is 3.44. The van der Waals surface area contributed by atoms with Crippen LogP contribution in [0.15, 0.2) is 77.3 Å². The van der Waals surface area contributed by atoms with Gasteiger partial charge in [0.25, 0.3) is 11.8 Å². The molecule has 0 unspecified atom stereocenters. The number of carbonyl (C=O) groups excluding carboxylic acids is 4. The molecule has 1 aliphatic carbocycles. The van der Waals surface area contributed by atoms with Crippen molar-refractivity contribution in [3.63, 3.8) is 0 Å². The molecule has 0 bridgehead atoms. The summed E-state index contributed by atoms with van der Waals surface area (Å²) in [5.74, 6) is -0.276. The maximum atomic E-state index is 13.9. The largest absolute Gasteiger partial charge is 0.449 e. The van der Waals surface area contributed by atoms with E-state index in [2.05, 4.69) is 37.2 Å². The number of nitrogens with zero attached hydrogens (tertiary/aromatic N) is 1. The van der Waals surface area contributed by atoms with Gasteiger partial charge in [-0.3, -0.25) is 19.3 Å². The fourth-order valence-electron chi connectivity index (χ4n) is 5.40. The molecular formula is C36H42BrN5O5. The van der Waals surface area contributed by atoms with Gasteiger partial charge in [-0.05, 0) is 86.9 Å². The Morgan fingerprint density at radius 1 is 0.936 bits per heavy atom. The minimum absolute atomic E-state index is 0.0733. The predicted octanol–water partition coefficient (Wildman–Crippen LogP) is 5.13. The number of benzene rings is 3. The number of hydrogen-bond acceptors (Lipinski definition) is 6. The van der Waals surface area contributed by atoms with Crippen molar-refractivity contribution in [3.05, 3.63) is 99.5 Å². The first-order valence-electron chi connectivity index (χ1n) is 16.2. The Balaban J connectivity index is 1.35. The normalized spacial score (nSPS) is 16.4. The quantitative estimate of drug-likeness (QED) is 0.184. The van der Waals surface area contributed by atoms with E-state index in [-0.39, 0.29) is 35.0 Å². The lowest BCUT2D eigenvalue weighted by Gasteiger charge is -2.27. The lowest BCUT2D eigenvalue weighted by molar-refractivity contribution is -0.122. The molecule has 1 aliphatic heterocycles. The van der Waals surface area contributed by atoms with E-state index in [9.17, 15) is 19.2 Å². The van der Waals surface area contributed by atoms with Gasteiger partial charge in [0.05, 0.1) is 18.7 Å². The second kappa shape index (κ2) is 16.1. The molecule has 0 spiro atoms. The topological polar surface area (TPSA) is 129 Å². The van der Waals surface area contributed by atoms with Crippen LogP contribution < -0.4 is 26.2 Å². The third-order valence-corrected chi connectivity index (χ3v) is 8.96. The van der Waals surface area contributed by atoms with Gasteiger partial charge in [0.1, 0.15) is 0 Å². The fraction of sp³-hybridized carbons (Fsp3) is 0.389. The molecule has 2 fully saturated rings. The van der Waals surface area contributed by atoms with Gasteiger partial charge >= 0.3 is 6.09 Å². The smallest absolute Gasteiger partial charge is 0.414 e. The molecule has 1 heterocycles. The Labute approximate surface area is 284 Å². The number of rotatable bonds is 14. The molecule has 11 heteroatoms. The number of hydrogen-bond donors (Lipinski definition) is 4. The Hall–Kier alpha value is -4.22. The maximum Gasteiger partial charge on any atom is 0.414 e. The van der Waals surface area contributed by atoms with E-state index < -0.39 is 18.0 Å². The summed E-state index contributed by atoms with van der Waals surface area (Å²) in [6, 6.07) is 21.1. The van der Waals surface area contributed by atoms with Crippen LogP contribution >= 0.6 is 15.9 Å². The highest BCUT2D eigenvalue weighted by molar-refractivity contribution is 9.10. The fourth-order valence-corrected chi connectivity index (χ4v) is 5.67. The summed E-state index contributed by atoms with van der Waals surface area (Å²) in [5.41, 5.74) is 2.82. The van der Waals surface area contributed by atoms with E-state index in [0.717, 1.165) is 28.4 Å². The van der Waals surface area contributed by atoms with Crippen LogP contribution in [-0.2, 0) is 16.0 Å². The highest BCUT2D eigenvalue weighted by atomic mass is 79.9. The van der Waals surface area contributed by atoms with Crippen LogP contribution in [-0.4, -0.2) is 62.1 Å². The van der Waals surface area contributed by atoms with Gasteiger partial charge in [0.2, 0.25) is 5.91 Å². The van der Waals surface area contributed by atoms with Crippen LogP contribution in [0.2, 0.25) is 0 Å². The third kappa shape index (κ3) is 9.89. The summed E-state index contributed by atoms with van der Waals surface area (Å²) in [6.07, 6.45) is 2.93. The summed E-state index contributed by atoms with van der Waals surface area (Å²) in [6.45, 7) is 5.45. The van der Waals surface area contributed by atoms with E-state index >= 15 is 0 Å². The molecule has 4 amide bonds. The summed E-state index contributed by atoms with van der Waals surface area (Å²) in [5, 5.41) is 12.4. The molecule has 4 N–H and O–H groups in total. The second-order valence-corrected chi connectivity index (χ2v) is 13.2. The number of amides is 4. The number of halogens is 1. The van der Waals surface area contributed by atoms with Crippen molar-refractivity contribution in [1.82, 2.24) is 21.3 Å². The summed E-state index contributed by atoms with van der Waals surface area (Å²) in [7, 11) is 0. The molecule has 47 heavy (non-hydrogen) atoms. The zero-order valence-electron chi connectivity index (χ0n) is 26.8. The van der Waals surface area contributed by atoms with E-state index in [1.54, 1.807) is 18.2 Å². The Morgan fingerprint density at radius 3 is 2.28 bits per heavy atom. The number of nitrogens with one attached hydrogen (secondary N) is 4. The monoisotopic (exact) mass is 703 g/mol. The average molecular weight is 705 g/mol. The molecule has 1 saturated carbocycles. The standard InChI is InChI=1S/C36H42BrN5O5/c1-23(27-11-13-30(37)14-12-27)40-34(44)28-18-29(20-32(19-28)42-15-6-16-47-36(42)46)35(45)41-31(17-25-7-4-3-5-8-25)22-38-24(2)33(43)39-21-26-9-10-26/h3-5,7-8,11-14,18-20,23-24,26,31,38H,6,9-10,15-17,21-22H2,1-2H3,(H,39,43)(H,40,44)(H,41,45)/t23-,24+,31+/m1/s1. The second-order valence-electron chi connectivity index (χ2n) is 12.3. The van der Waals surface area contributed by atoms with Crippen LogP contribution in [0.5, 0.6) is 0 Å². The van der Waals surface area contributed by atoms with Crippen molar-refractivity contribution in [3.8, 4) is 0 Å². The maximum absolute atomic E-state index is 13.9. The van der Waals surface area contributed by atoms with Crippen LogP contribution in [0.25, 0.3) is 0 Å². The predicted molar refractivity (Wildman–Crippen MR) is 184 cm³/mol. The molecule has 0 radical (unpaired) electrons. The molecule has 3 aromatic carbocycles. The van der Waals surface area contributed by atoms with Crippen molar-refractivity contribution in [2.75, 3.05) is 31.1 Å². The van der Waals surface area contributed by atoms with Crippen LogP contribution in [0.4, 0.5) is 10.5 Å². The molecule has 5 rings (SSSR count). The van der Waals surface area contributed by atoms with E-state index in [4.69, 9.17) is 4.74 Å². The summed E-state index contributed by atoms with van der Waals surface area (Å²) < 4.78 is 6.19. The van der Waals surface area contributed by atoms with Gasteiger partial charge in [-0.15, -0.1) is 0 Å². The van der Waals surface area contributed by atoms with E-state index in [1.165, 1.54) is 4.90 Å². The first kappa shape index (κ1) is 34.1.